The maximum Gasteiger partial charge on any atom is 0.129 e. The molecule has 0 amide bonds. The number of rotatable bonds is 4. The van der Waals surface area contributed by atoms with Crippen LogP contribution < -0.4 is 10.5 Å². The molecule has 2 aromatic rings. The number of nitrogens with zero attached hydrogens (tertiary/aromatic N) is 2. The highest BCUT2D eigenvalue weighted by Crippen LogP contribution is 2.38. The van der Waals surface area contributed by atoms with Gasteiger partial charge in [0, 0.05) is 23.1 Å². The van der Waals surface area contributed by atoms with Crippen LogP contribution in [0.4, 0.5) is 5.82 Å². The van der Waals surface area contributed by atoms with Gasteiger partial charge >= 0.3 is 0 Å². The van der Waals surface area contributed by atoms with Crippen molar-refractivity contribution in [3.63, 3.8) is 0 Å². The Hall–Kier alpha value is -1.62. The fourth-order valence-corrected chi connectivity index (χ4v) is 2.80. The molecule has 0 saturated carbocycles. The molecule has 5 heteroatoms. The van der Waals surface area contributed by atoms with Crippen molar-refractivity contribution in [1.82, 2.24) is 9.78 Å². The van der Waals surface area contributed by atoms with E-state index in [1.165, 1.54) is 10.5 Å². The highest BCUT2D eigenvalue weighted by Gasteiger charge is 2.15. The molecule has 0 spiro atoms. The van der Waals surface area contributed by atoms with E-state index in [1.54, 1.807) is 29.8 Å². The van der Waals surface area contributed by atoms with Crippen LogP contribution in [0.3, 0.4) is 0 Å². The molecule has 0 fully saturated rings. The number of aryl methyl sites for hydroxylation is 2. The molecular formula is C14H19N3OS. The Kier molecular flexibility index (Phi) is 4.04. The molecule has 102 valence electrons. The number of anilines is 1. The number of nitrogens with two attached hydrogens (primary N) is 1. The van der Waals surface area contributed by atoms with Crippen LogP contribution in [0.1, 0.15) is 12.5 Å². The Morgan fingerprint density at radius 3 is 2.58 bits per heavy atom. The van der Waals surface area contributed by atoms with Gasteiger partial charge in [-0.15, -0.1) is 11.8 Å². The standard InChI is InChI=1S/C14H19N3OS/c1-5-9-6-12(18-3)10(7-13(9)19-4)11-8-16-17(2)14(11)15/h6-8H,5,15H2,1-4H3. The molecule has 2 rings (SSSR count). The van der Waals surface area contributed by atoms with Crippen molar-refractivity contribution < 1.29 is 4.74 Å². The maximum absolute atomic E-state index is 6.06. The van der Waals surface area contributed by atoms with Gasteiger partial charge in [0.05, 0.1) is 13.3 Å². The molecule has 4 nitrogen and oxygen atoms in total. The van der Waals surface area contributed by atoms with Gasteiger partial charge in [-0.05, 0) is 30.4 Å². The summed E-state index contributed by atoms with van der Waals surface area (Å²) in [5.41, 5.74) is 9.26. The summed E-state index contributed by atoms with van der Waals surface area (Å²) in [4.78, 5) is 1.25. The fraction of sp³-hybridized carbons (Fsp3) is 0.357. The summed E-state index contributed by atoms with van der Waals surface area (Å²) in [5, 5.41) is 4.20. The summed E-state index contributed by atoms with van der Waals surface area (Å²) in [6.45, 7) is 2.15. The Labute approximate surface area is 117 Å². The van der Waals surface area contributed by atoms with E-state index >= 15 is 0 Å². The van der Waals surface area contributed by atoms with E-state index in [0.717, 1.165) is 23.3 Å². The third kappa shape index (κ3) is 2.42. The molecule has 0 aliphatic heterocycles. The lowest BCUT2D eigenvalue weighted by atomic mass is 10.0. The summed E-state index contributed by atoms with van der Waals surface area (Å²) in [6, 6.07) is 4.23. The van der Waals surface area contributed by atoms with E-state index in [4.69, 9.17) is 10.5 Å². The Morgan fingerprint density at radius 1 is 1.37 bits per heavy atom. The number of hydrogen-bond acceptors (Lipinski definition) is 4. The van der Waals surface area contributed by atoms with Gasteiger partial charge in [0.25, 0.3) is 0 Å². The molecule has 0 atom stereocenters. The van der Waals surface area contributed by atoms with Crippen LogP contribution >= 0.6 is 11.8 Å². The summed E-state index contributed by atoms with van der Waals surface area (Å²) in [7, 11) is 3.52. The second kappa shape index (κ2) is 5.57. The number of hydrogen-bond donors (Lipinski definition) is 1. The predicted molar refractivity (Wildman–Crippen MR) is 80.8 cm³/mol. The van der Waals surface area contributed by atoms with Gasteiger partial charge in [0.1, 0.15) is 11.6 Å². The van der Waals surface area contributed by atoms with Gasteiger partial charge in [0.15, 0.2) is 0 Å². The van der Waals surface area contributed by atoms with Crippen molar-refractivity contribution in [1.29, 1.82) is 0 Å². The van der Waals surface area contributed by atoms with Crippen LogP contribution in [0.2, 0.25) is 0 Å². The van der Waals surface area contributed by atoms with Crippen molar-refractivity contribution in [3.8, 4) is 16.9 Å². The molecule has 0 aliphatic carbocycles. The summed E-state index contributed by atoms with van der Waals surface area (Å²) in [6.07, 6.45) is 4.84. The van der Waals surface area contributed by atoms with Crippen LogP contribution in [0.5, 0.6) is 5.75 Å². The van der Waals surface area contributed by atoms with Crippen LogP contribution in [-0.4, -0.2) is 23.1 Å². The summed E-state index contributed by atoms with van der Waals surface area (Å²) < 4.78 is 7.17. The van der Waals surface area contributed by atoms with Crippen molar-refractivity contribution in [2.45, 2.75) is 18.2 Å². The van der Waals surface area contributed by atoms with E-state index in [2.05, 4.69) is 30.4 Å². The van der Waals surface area contributed by atoms with Crippen molar-refractivity contribution in [2.75, 3.05) is 19.1 Å². The number of ether oxygens (including phenoxy) is 1. The normalized spacial score (nSPS) is 10.7. The fourth-order valence-electron chi connectivity index (χ4n) is 2.10. The number of methoxy groups -OCH3 is 1. The first kappa shape index (κ1) is 13.8. The zero-order valence-electron chi connectivity index (χ0n) is 11.7. The zero-order chi connectivity index (χ0) is 14.0. The third-order valence-electron chi connectivity index (χ3n) is 3.26. The van der Waals surface area contributed by atoms with Crippen LogP contribution in [0.15, 0.2) is 23.2 Å². The molecule has 0 unspecified atom stereocenters. The second-order valence-corrected chi connectivity index (χ2v) is 5.13. The lowest BCUT2D eigenvalue weighted by Gasteiger charge is -2.13. The highest BCUT2D eigenvalue weighted by molar-refractivity contribution is 7.98. The first-order chi connectivity index (χ1) is 9.12. The molecule has 1 heterocycles. The molecule has 19 heavy (non-hydrogen) atoms. The minimum absolute atomic E-state index is 0.648. The van der Waals surface area contributed by atoms with Gasteiger partial charge in [-0.25, -0.2) is 0 Å². The average molecular weight is 277 g/mol. The Bertz CT molecular complexity index is 593. The SMILES string of the molecule is CCc1cc(OC)c(-c2cnn(C)c2N)cc1SC. The minimum Gasteiger partial charge on any atom is -0.496 e. The van der Waals surface area contributed by atoms with E-state index in [0.29, 0.717) is 5.82 Å². The number of nitrogen functional groups attached to an aromatic ring is 1. The molecule has 0 radical (unpaired) electrons. The van der Waals surface area contributed by atoms with Crippen LogP contribution in [0.25, 0.3) is 11.1 Å². The van der Waals surface area contributed by atoms with Gasteiger partial charge in [0.2, 0.25) is 0 Å². The van der Waals surface area contributed by atoms with Crippen molar-refractivity contribution >= 4 is 17.6 Å². The Morgan fingerprint density at radius 2 is 2.11 bits per heavy atom. The summed E-state index contributed by atoms with van der Waals surface area (Å²) >= 11 is 1.74. The van der Waals surface area contributed by atoms with E-state index < -0.39 is 0 Å². The zero-order valence-corrected chi connectivity index (χ0v) is 12.5. The van der Waals surface area contributed by atoms with Gasteiger partial charge in [-0.2, -0.15) is 5.10 Å². The largest absolute Gasteiger partial charge is 0.496 e. The number of benzene rings is 1. The quantitative estimate of drug-likeness (QED) is 0.873. The average Bonchev–Trinajstić information content (AvgIpc) is 2.77. The highest BCUT2D eigenvalue weighted by atomic mass is 32.2. The minimum atomic E-state index is 0.648. The predicted octanol–water partition coefficient (Wildman–Crippen LogP) is 2.96. The van der Waals surface area contributed by atoms with Gasteiger partial charge in [-0.3, -0.25) is 4.68 Å². The number of aromatic nitrogens is 2. The summed E-state index contributed by atoms with van der Waals surface area (Å²) in [5.74, 6) is 1.49. The molecule has 1 aromatic carbocycles. The smallest absolute Gasteiger partial charge is 0.129 e. The molecular weight excluding hydrogens is 258 g/mol. The first-order valence-corrected chi connectivity index (χ1v) is 7.37. The second-order valence-electron chi connectivity index (χ2n) is 4.28. The van der Waals surface area contributed by atoms with E-state index in [-0.39, 0.29) is 0 Å². The van der Waals surface area contributed by atoms with E-state index in [9.17, 15) is 0 Å². The van der Waals surface area contributed by atoms with Crippen molar-refractivity contribution in [3.05, 3.63) is 23.9 Å². The van der Waals surface area contributed by atoms with Crippen LogP contribution in [0, 0.1) is 0 Å². The molecule has 0 bridgehead atoms. The van der Waals surface area contributed by atoms with Crippen molar-refractivity contribution in [2.24, 2.45) is 7.05 Å². The number of thioether (sulfide) groups is 1. The monoisotopic (exact) mass is 277 g/mol. The van der Waals surface area contributed by atoms with E-state index in [1.807, 2.05) is 7.05 Å². The molecule has 0 aliphatic rings. The lowest BCUT2D eigenvalue weighted by molar-refractivity contribution is 0.415. The topological polar surface area (TPSA) is 53.1 Å². The molecule has 0 saturated heterocycles. The van der Waals surface area contributed by atoms with Gasteiger partial charge < -0.3 is 10.5 Å². The molecule has 2 N–H and O–H groups in total. The van der Waals surface area contributed by atoms with Gasteiger partial charge in [-0.1, -0.05) is 6.92 Å². The lowest BCUT2D eigenvalue weighted by Crippen LogP contribution is -1.99. The first-order valence-electron chi connectivity index (χ1n) is 6.15. The third-order valence-corrected chi connectivity index (χ3v) is 4.08. The molecule has 1 aromatic heterocycles. The Balaban J connectivity index is 2.65. The maximum atomic E-state index is 6.06. The van der Waals surface area contributed by atoms with Crippen LogP contribution in [-0.2, 0) is 13.5 Å².